The monoisotopic (exact) mass is 332 g/mol. The Hall–Kier alpha value is -1.55. The van der Waals surface area contributed by atoms with Gasteiger partial charge in [0.25, 0.3) is 0 Å². The van der Waals surface area contributed by atoms with E-state index < -0.39 is 0 Å². The van der Waals surface area contributed by atoms with E-state index in [-0.39, 0.29) is 0 Å². The van der Waals surface area contributed by atoms with Gasteiger partial charge in [-0.05, 0) is 38.8 Å². The first-order chi connectivity index (χ1) is 11.0. The number of halogens is 1. The fourth-order valence-corrected chi connectivity index (χ4v) is 2.58. The summed E-state index contributed by atoms with van der Waals surface area (Å²) in [6.45, 7) is 3.27. The lowest BCUT2D eigenvalue weighted by Crippen LogP contribution is -2.24. The number of likely N-dealkylation sites (N-methyl/N-ethyl adjacent to an activating group) is 1. The van der Waals surface area contributed by atoms with Gasteiger partial charge in [0.15, 0.2) is 0 Å². The lowest BCUT2D eigenvalue weighted by molar-refractivity contribution is 0.229. The lowest BCUT2D eigenvalue weighted by atomic mass is 10.2. The molecule has 0 saturated heterocycles. The minimum atomic E-state index is 0.643. The van der Waals surface area contributed by atoms with E-state index in [0.717, 1.165) is 30.9 Å². The SMILES string of the molecule is CN(C)Cc1ccc(Cl)cc1OCCN(C)Cc1ccccc1. The molecule has 4 heteroatoms. The predicted molar refractivity (Wildman–Crippen MR) is 97.1 cm³/mol. The zero-order chi connectivity index (χ0) is 16.7. The molecule has 2 aromatic carbocycles. The van der Waals surface area contributed by atoms with E-state index in [1.807, 2.05) is 38.4 Å². The summed E-state index contributed by atoms with van der Waals surface area (Å²) in [4.78, 5) is 4.38. The molecule has 2 rings (SSSR count). The molecule has 0 N–H and O–H groups in total. The van der Waals surface area contributed by atoms with Crippen molar-refractivity contribution < 1.29 is 4.74 Å². The van der Waals surface area contributed by atoms with Crippen LogP contribution >= 0.6 is 11.6 Å². The second kappa shape index (κ2) is 8.92. The van der Waals surface area contributed by atoms with Gasteiger partial charge in [-0.1, -0.05) is 48.0 Å². The van der Waals surface area contributed by atoms with Gasteiger partial charge in [0.05, 0.1) is 0 Å². The predicted octanol–water partition coefficient (Wildman–Crippen LogP) is 3.91. The van der Waals surface area contributed by atoms with Crippen LogP contribution in [0.2, 0.25) is 5.02 Å². The summed E-state index contributed by atoms with van der Waals surface area (Å²) in [7, 11) is 6.20. The average molecular weight is 333 g/mol. The summed E-state index contributed by atoms with van der Waals surface area (Å²) in [5.41, 5.74) is 2.47. The highest BCUT2D eigenvalue weighted by Crippen LogP contribution is 2.24. The smallest absolute Gasteiger partial charge is 0.125 e. The van der Waals surface area contributed by atoms with Crippen LogP contribution in [0.5, 0.6) is 5.75 Å². The minimum absolute atomic E-state index is 0.643. The standard InChI is InChI=1S/C19H25ClN2O/c1-21(2)15-17-9-10-18(20)13-19(17)23-12-11-22(3)14-16-7-5-4-6-8-16/h4-10,13H,11-12,14-15H2,1-3H3. The maximum absolute atomic E-state index is 6.10. The van der Waals surface area contributed by atoms with Crippen molar-refractivity contribution in [2.24, 2.45) is 0 Å². The van der Waals surface area contributed by atoms with Crippen molar-refractivity contribution in [2.45, 2.75) is 13.1 Å². The molecule has 0 fully saturated rings. The summed E-state index contributed by atoms with van der Waals surface area (Å²) in [6, 6.07) is 16.3. The van der Waals surface area contributed by atoms with Crippen molar-refractivity contribution in [3.05, 3.63) is 64.7 Å². The van der Waals surface area contributed by atoms with Crippen molar-refractivity contribution in [3.63, 3.8) is 0 Å². The highest BCUT2D eigenvalue weighted by Gasteiger charge is 2.07. The quantitative estimate of drug-likeness (QED) is 0.729. The Balaban J connectivity index is 1.86. The maximum atomic E-state index is 6.10. The first kappa shape index (κ1) is 17.8. The van der Waals surface area contributed by atoms with Crippen molar-refractivity contribution >= 4 is 11.6 Å². The molecule has 0 unspecified atom stereocenters. The molecule has 0 aromatic heterocycles. The molecule has 0 spiro atoms. The summed E-state index contributed by atoms with van der Waals surface area (Å²) < 4.78 is 5.97. The van der Waals surface area contributed by atoms with Crippen molar-refractivity contribution in [2.75, 3.05) is 34.3 Å². The van der Waals surface area contributed by atoms with E-state index in [1.54, 1.807) is 0 Å². The highest BCUT2D eigenvalue weighted by atomic mass is 35.5. The molecular weight excluding hydrogens is 308 g/mol. The van der Waals surface area contributed by atoms with Crippen LogP contribution in [0.15, 0.2) is 48.5 Å². The molecule has 0 aliphatic carbocycles. The van der Waals surface area contributed by atoms with Crippen LogP contribution in [0.1, 0.15) is 11.1 Å². The molecule has 0 atom stereocenters. The van der Waals surface area contributed by atoms with Crippen molar-refractivity contribution in [1.29, 1.82) is 0 Å². The van der Waals surface area contributed by atoms with E-state index in [4.69, 9.17) is 16.3 Å². The van der Waals surface area contributed by atoms with Crippen LogP contribution in [-0.4, -0.2) is 44.1 Å². The van der Waals surface area contributed by atoms with Crippen molar-refractivity contribution in [3.8, 4) is 5.75 Å². The number of benzene rings is 2. The third-order valence-corrected chi connectivity index (χ3v) is 3.78. The lowest BCUT2D eigenvalue weighted by Gasteiger charge is -2.19. The van der Waals surface area contributed by atoms with Crippen LogP contribution in [0.4, 0.5) is 0 Å². The van der Waals surface area contributed by atoms with Gasteiger partial charge < -0.3 is 9.64 Å². The summed E-state index contributed by atoms with van der Waals surface area (Å²) in [5, 5.41) is 0.708. The highest BCUT2D eigenvalue weighted by molar-refractivity contribution is 6.30. The van der Waals surface area contributed by atoms with Gasteiger partial charge in [-0.3, -0.25) is 4.90 Å². The Morgan fingerprint density at radius 1 is 0.957 bits per heavy atom. The third kappa shape index (κ3) is 6.22. The molecule has 0 radical (unpaired) electrons. The molecule has 0 amide bonds. The third-order valence-electron chi connectivity index (χ3n) is 3.54. The number of hydrogen-bond donors (Lipinski definition) is 0. The summed E-state index contributed by atoms with van der Waals surface area (Å²) >= 11 is 6.10. The first-order valence-electron chi connectivity index (χ1n) is 7.83. The summed E-state index contributed by atoms with van der Waals surface area (Å²) in [6.07, 6.45) is 0. The van der Waals surface area contributed by atoms with E-state index in [1.165, 1.54) is 5.56 Å². The zero-order valence-corrected chi connectivity index (χ0v) is 14.9. The van der Waals surface area contributed by atoms with E-state index in [9.17, 15) is 0 Å². The summed E-state index contributed by atoms with van der Waals surface area (Å²) in [5.74, 6) is 0.874. The second-order valence-electron chi connectivity index (χ2n) is 6.06. The molecule has 0 aliphatic rings. The van der Waals surface area contributed by atoms with Gasteiger partial charge in [-0.15, -0.1) is 0 Å². The van der Waals surface area contributed by atoms with Gasteiger partial charge >= 0.3 is 0 Å². The molecule has 3 nitrogen and oxygen atoms in total. The number of ether oxygens (including phenoxy) is 1. The van der Waals surface area contributed by atoms with Crippen LogP contribution in [0.3, 0.4) is 0 Å². The van der Waals surface area contributed by atoms with Gasteiger partial charge in [0.2, 0.25) is 0 Å². The van der Waals surface area contributed by atoms with E-state index >= 15 is 0 Å². The van der Waals surface area contributed by atoms with Crippen LogP contribution in [0, 0.1) is 0 Å². The van der Waals surface area contributed by atoms with Crippen molar-refractivity contribution in [1.82, 2.24) is 9.80 Å². The van der Waals surface area contributed by atoms with Crippen LogP contribution in [-0.2, 0) is 13.1 Å². The largest absolute Gasteiger partial charge is 0.492 e. The van der Waals surface area contributed by atoms with Gasteiger partial charge in [-0.2, -0.15) is 0 Å². The van der Waals surface area contributed by atoms with Gasteiger partial charge in [0, 0.05) is 30.2 Å². The fraction of sp³-hybridized carbons (Fsp3) is 0.368. The zero-order valence-electron chi connectivity index (χ0n) is 14.1. The molecule has 0 saturated carbocycles. The molecule has 124 valence electrons. The first-order valence-corrected chi connectivity index (χ1v) is 8.21. The van der Waals surface area contributed by atoms with E-state index in [2.05, 4.69) is 41.1 Å². The average Bonchev–Trinajstić information content (AvgIpc) is 2.50. The Kier molecular flexibility index (Phi) is 6.90. The molecular formula is C19H25ClN2O. The Morgan fingerprint density at radius 3 is 2.39 bits per heavy atom. The minimum Gasteiger partial charge on any atom is -0.492 e. The molecule has 0 bridgehead atoms. The fourth-order valence-electron chi connectivity index (χ4n) is 2.42. The number of nitrogens with zero attached hydrogens (tertiary/aromatic N) is 2. The van der Waals surface area contributed by atoms with Crippen LogP contribution < -0.4 is 4.74 Å². The number of hydrogen-bond acceptors (Lipinski definition) is 3. The van der Waals surface area contributed by atoms with Gasteiger partial charge in [-0.25, -0.2) is 0 Å². The molecule has 2 aromatic rings. The Labute approximate surface area is 144 Å². The Bertz CT molecular complexity index is 602. The Morgan fingerprint density at radius 2 is 1.70 bits per heavy atom. The maximum Gasteiger partial charge on any atom is 0.125 e. The molecule has 23 heavy (non-hydrogen) atoms. The number of rotatable bonds is 8. The molecule has 0 aliphatic heterocycles. The second-order valence-corrected chi connectivity index (χ2v) is 6.50. The normalized spacial score (nSPS) is 11.2. The topological polar surface area (TPSA) is 15.7 Å². The van der Waals surface area contributed by atoms with E-state index in [0.29, 0.717) is 11.6 Å². The molecule has 0 heterocycles. The van der Waals surface area contributed by atoms with Crippen LogP contribution in [0.25, 0.3) is 0 Å². The van der Waals surface area contributed by atoms with Gasteiger partial charge in [0.1, 0.15) is 12.4 Å².